The molecule has 1 fully saturated rings. The summed E-state index contributed by atoms with van der Waals surface area (Å²) in [6, 6.07) is 0.102. The number of thiocarbonyl (C=S) groups is 1. The lowest BCUT2D eigenvalue weighted by molar-refractivity contribution is 0.183. The molecule has 0 aromatic carbocycles. The van der Waals surface area contributed by atoms with Crippen LogP contribution in [0.3, 0.4) is 0 Å². The first-order valence-electron chi connectivity index (χ1n) is 5.55. The van der Waals surface area contributed by atoms with Gasteiger partial charge in [0.25, 0.3) is 0 Å². The Morgan fingerprint density at radius 3 is 2.33 bits per heavy atom. The van der Waals surface area contributed by atoms with Crippen LogP contribution in [0.5, 0.6) is 0 Å². The normalized spacial score (nSPS) is 17.8. The molecule has 0 radical (unpaired) electrons. The van der Waals surface area contributed by atoms with Gasteiger partial charge < -0.3 is 20.8 Å². The van der Waals surface area contributed by atoms with Crippen LogP contribution in [0.4, 0.5) is 0 Å². The molecule has 0 aromatic heterocycles. The van der Waals surface area contributed by atoms with Crippen molar-refractivity contribution in [2.75, 3.05) is 13.2 Å². The van der Waals surface area contributed by atoms with Gasteiger partial charge >= 0.3 is 0 Å². The summed E-state index contributed by atoms with van der Waals surface area (Å²) in [4.78, 5) is 0. The van der Waals surface area contributed by atoms with Gasteiger partial charge in [-0.1, -0.05) is 19.3 Å². The lowest BCUT2D eigenvalue weighted by Gasteiger charge is -2.25. The summed E-state index contributed by atoms with van der Waals surface area (Å²) in [6.45, 7) is -0.216. The van der Waals surface area contributed by atoms with Gasteiger partial charge in [0.15, 0.2) is 5.11 Å². The van der Waals surface area contributed by atoms with Gasteiger partial charge in [-0.3, -0.25) is 0 Å². The van der Waals surface area contributed by atoms with E-state index in [0.29, 0.717) is 11.2 Å². The summed E-state index contributed by atoms with van der Waals surface area (Å²) >= 11 is 5.10. The molecule has 1 rings (SSSR count). The Labute approximate surface area is 96.1 Å². The molecule has 5 heteroatoms. The Bertz CT molecular complexity index is 192. The van der Waals surface area contributed by atoms with Gasteiger partial charge in [0, 0.05) is 6.04 Å². The van der Waals surface area contributed by atoms with Gasteiger partial charge in [0.05, 0.1) is 19.3 Å². The van der Waals surface area contributed by atoms with E-state index in [1.165, 1.54) is 19.3 Å². The summed E-state index contributed by atoms with van der Waals surface area (Å²) in [6.07, 6.45) is 6.14. The van der Waals surface area contributed by atoms with Crippen molar-refractivity contribution in [1.29, 1.82) is 0 Å². The van der Waals surface area contributed by atoms with Gasteiger partial charge in [-0.15, -0.1) is 0 Å². The molecule has 0 bridgehead atoms. The van der Waals surface area contributed by atoms with Crippen LogP contribution in [0.2, 0.25) is 0 Å². The molecule has 1 aliphatic carbocycles. The van der Waals surface area contributed by atoms with Crippen molar-refractivity contribution in [3.63, 3.8) is 0 Å². The van der Waals surface area contributed by atoms with E-state index in [-0.39, 0.29) is 19.3 Å². The maximum atomic E-state index is 8.87. The van der Waals surface area contributed by atoms with Crippen LogP contribution < -0.4 is 10.6 Å². The molecule has 0 spiro atoms. The number of rotatable bonds is 4. The maximum Gasteiger partial charge on any atom is 0.166 e. The van der Waals surface area contributed by atoms with Crippen LogP contribution >= 0.6 is 12.2 Å². The second kappa shape index (κ2) is 6.98. The van der Waals surface area contributed by atoms with E-state index in [2.05, 4.69) is 10.6 Å². The first-order chi connectivity index (χ1) is 7.26. The van der Waals surface area contributed by atoms with Gasteiger partial charge in [-0.2, -0.15) is 0 Å². The molecule has 1 saturated carbocycles. The molecule has 1 aliphatic rings. The van der Waals surface area contributed by atoms with Crippen LogP contribution in [0, 0.1) is 0 Å². The molecule has 0 amide bonds. The molecule has 0 saturated heterocycles. The Morgan fingerprint density at radius 1 is 1.20 bits per heavy atom. The quantitative estimate of drug-likeness (QED) is 0.519. The van der Waals surface area contributed by atoms with Crippen molar-refractivity contribution < 1.29 is 10.2 Å². The van der Waals surface area contributed by atoms with Gasteiger partial charge in [-0.05, 0) is 25.1 Å². The Balaban J connectivity index is 2.21. The summed E-state index contributed by atoms with van der Waals surface area (Å²) in [5.41, 5.74) is 0. The topological polar surface area (TPSA) is 64.5 Å². The van der Waals surface area contributed by atoms with Crippen LogP contribution in [0.15, 0.2) is 0 Å². The third kappa shape index (κ3) is 4.77. The van der Waals surface area contributed by atoms with Crippen LogP contribution in [0.1, 0.15) is 32.1 Å². The molecule has 0 unspecified atom stereocenters. The zero-order chi connectivity index (χ0) is 11.1. The maximum absolute atomic E-state index is 8.87. The highest BCUT2D eigenvalue weighted by Gasteiger charge is 2.15. The Hall–Kier alpha value is -0.390. The fourth-order valence-corrected chi connectivity index (χ4v) is 2.14. The fraction of sp³-hybridized carbons (Fsp3) is 0.900. The number of aliphatic hydroxyl groups excluding tert-OH is 2. The highest BCUT2D eigenvalue weighted by molar-refractivity contribution is 7.80. The Kier molecular flexibility index (Phi) is 5.90. The van der Waals surface area contributed by atoms with Crippen LogP contribution in [-0.2, 0) is 0 Å². The third-order valence-corrected chi connectivity index (χ3v) is 2.95. The van der Waals surface area contributed by atoms with Crippen molar-refractivity contribution in [3.8, 4) is 0 Å². The highest BCUT2D eigenvalue weighted by Crippen LogP contribution is 2.17. The van der Waals surface area contributed by atoms with Crippen molar-refractivity contribution in [2.24, 2.45) is 0 Å². The van der Waals surface area contributed by atoms with Crippen LogP contribution in [0.25, 0.3) is 0 Å². The first kappa shape index (κ1) is 12.7. The zero-order valence-electron chi connectivity index (χ0n) is 8.91. The van der Waals surface area contributed by atoms with Gasteiger partial charge in [0.1, 0.15) is 0 Å². The molecule has 4 N–H and O–H groups in total. The number of nitrogens with one attached hydrogen (secondary N) is 2. The molecule has 4 nitrogen and oxygen atoms in total. The zero-order valence-corrected chi connectivity index (χ0v) is 9.72. The second-order valence-electron chi connectivity index (χ2n) is 4.01. The Morgan fingerprint density at radius 2 is 1.80 bits per heavy atom. The number of hydrogen-bond donors (Lipinski definition) is 4. The summed E-state index contributed by atoms with van der Waals surface area (Å²) < 4.78 is 0. The lowest BCUT2D eigenvalue weighted by Crippen LogP contribution is -2.49. The van der Waals surface area contributed by atoms with Crippen LogP contribution in [-0.4, -0.2) is 40.6 Å². The molecule has 0 aliphatic heterocycles. The second-order valence-corrected chi connectivity index (χ2v) is 4.42. The smallest absolute Gasteiger partial charge is 0.166 e. The first-order valence-corrected chi connectivity index (χ1v) is 5.96. The SMILES string of the molecule is OCC(CO)NC(=S)NC1CCCCC1. The van der Waals surface area contributed by atoms with Crippen molar-refractivity contribution in [3.05, 3.63) is 0 Å². The van der Waals surface area contributed by atoms with E-state index in [9.17, 15) is 0 Å². The minimum absolute atomic E-state index is 0.108. The molecule has 15 heavy (non-hydrogen) atoms. The highest BCUT2D eigenvalue weighted by atomic mass is 32.1. The van der Waals surface area contributed by atoms with E-state index in [4.69, 9.17) is 22.4 Å². The van der Waals surface area contributed by atoms with Crippen molar-refractivity contribution >= 4 is 17.3 Å². The average molecular weight is 232 g/mol. The summed E-state index contributed by atoms with van der Waals surface area (Å²) in [7, 11) is 0. The third-order valence-electron chi connectivity index (χ3n) is 2.72. The monoisotopic (exact) mass is 232 g/mol. The minimum atomic E-state index is -0.353. The molecule has 0 aromatic rings. The van der Waals surface area contributed by atoms with Gasteiger partial charge in [0.2, 0.25) is 0 Å². The molecule has 0 heterocycles. The van der Waals surface area contributed by atoms with Gasteiger partial charge in [-0.25, -0.2) is 0 Å². The van der Waals surface area contributed by atoms with Crippen molar-refractivity contribution in [1.82, 2.24) is 10.6 Å². The molecule has 88 valence electrons. The van der Waals surface area contributed by atoms with E-state index >= 15 is 0 Å². The standard InChI is InChI=1S/C10H20N2O2S/c13-6-9(7-14)12-10(15)11-8-4-2-1-3-5-8/h8-9,13-14H,1-7H2,(H2,11,12,15). The number of aliphatic hydroxyl groups is 2. The van der Waals surface area contributed by atoms with E-state index < -0.39 is 0 Å². The summed E-state index contributed by atoms with van der Waals surface area (Å²) in [5.74, 6) is 0. The largest absolute Gasteiger partial charge is 0.394 e. The molecule has 0 atom stereocenters. The molecular formula is C10H20N2O2S. The molecular weight excluding hydrogens is 212 g/mol. The van der Waals surface area contributed by atoms with E-state index in [0.717, 1.165) is 12.8 Å². The average Bonchev–Trinajstić information content (AvgIpc) is 2.27. The lowest BCUT2D eigenvalue weighted by atomic mass is 9.96. The minimum Gasteiger partial charge on any atom is -0.394 e. The predicted octanol–water partition coefficient (Wildman–Crippen LogP) is 0.136. The van der Waals surface area contributed by atoms with E-state index in [1.807, 2.05) is 0 Å². The number of hydrogen-bond acceptors (Lipinski definition) is 3. The summed E-state index contributed by atoms with van der Waals surface area (Å²) in [5, 5.41) is 24.4. The van der Waals surface area contributed by atoms with Crippen molar-refractivity contribution in [2.45, 2.75) is 44.2 Å². The predicted molar refractivity (Wildman–Crippen MR) is 63.7 cm³/mol. The van der Waals surface area contributed by atoms with E-state index in [1.54, 1.807) is 0 Å². The fourth-order valence-electron chi connectivity index (χ4n) is 1.81.